The minimum atomic E-state index is -0.0398. The summed E-state index contributed by atoms with van der Waals surface area (Å²) in [7, 11) is 0. The van der Waals surface area contributed by atoms with Gasteiger partial charge in [0.1, 0.15) is 0 Å². The fourth-order valence-electron chi connectivity index (χ4n) is 6.05. The summed E-state index contributed by atoms with van der Waals surface area (Å²) < 4.78 is 0. The largest absolute Gasteiger partial charge is 0.324 e. The van der Waals surface area contributed by atoms with E-state index >= 15 is 0 Å². The zero-order valence-corrected chi connectivity index (χ0v) is 26.4. The molecule has 1 saturated heterocycles. The number of amides is 2. The number of anilines is 2. The van der Waals surface area contributed by atoms with Gasteiger partial charge in [-0.25, -0.2) is 0 Å². The molecular weight excluding hydrogens is 508 g/mol. The zero-order valence-electron chi connectivity index (χ0n) is 26.4. The van der Waals surface area contributed by atoms with Crippen LogP contribution in [0.1, 0.15) is 93.4 Å². The molecule has 3 rings (SSSR count). The molecule has 0 saturated carbocycles. The van der Waals surface area contributed by atoms with Gasteiger partial charge in [-0.1, -0.05) is 81.8 Å². The SMILES string of the molecule is CCN(CCCCCCCN1CCCCCC[C@@H]1C(=O)Nc1c(C)cccc1C)CC(=O)Nc1c(C)cccc1C. The zero-order chi connectivity index (χ0) is 29.6. The number of hydrogen-bond acceptors (Lipinski definition) is 4. The van der Waals surface area contributed by atoms with Crippen LogP contribution in [0, 0.1) is 27.7 Å². The lowest BCUT2D eigenvalue weighted by molar-refractivity contribution is -0.122. The van der Waals surface area contributed by atoms with Gasteiger partial charge in [-0.15, -0.1) is 0 Å². The first-order chi connectivity index (χ1) is 19.8. The van der Waals surface area contributed by atoms with Crippen molar-refractivity contribution in [3.8, 4) is 0 Å². The lowest BCUT2D eigenvalue weighted by Crippen LogP contribution is -2.45. The smallest absolute Gasteiger partial charge is 0.241 e. The van der Waals surface area contributed by atoms with Crippen LogP contribution in [0.2, 0.25) is 0 Å². The van der Waals surface area contributed by atoms with Gasteiger partial charge in [0.25, 0.3) is 0 Å². The van der Waals surface area contributed by atoms with Gasteiger partial charge >= 0.3 is 0 Å². The summed E-state index contributed by atoms with van der Waals surface area (Å²) in [5.74, 6) is 0.222. The second-order valence-electron chi connectivity index (χ2n) is 12.0. The van der Waals surface area contributed by atoms with Crippen molar-refractivity contribution in [3.05, 3.63) is 58.7 Å². The van der Waals surface area contributed by atoms with Gasteiger partial charge in [-0.05, 0) is 102 Å². The fourth-order valence-corrected chi connectivity index (χ4v) is 6.05. The van der Waals surface area contributed by atoms with E-state index < -0.39 is 0 Å². The summed E-state index contributed by atoms with van der Waals surface area (Å²) in [4.78, 5) is 30.8. The van der Waals surface area contributed by atoms with Crippen molar-refractivity contribution in [2.45, 2.75) is 105 Å². The Morgan fingerprint density at radius 3 is 1.98 bits per heavy atom. The van der Waals surface area contributed by atoms with E-state index in [1.165, 1.54) is 38.5 Å². The van der Waals surface area contributed by atoms with E-state index in [-0.39, 0.29) is 17.9 Å². The minimum absolute atomic E-state index is 0.0398. The molecule has 2 amide bonds. The molecule has 1 fully saturated rings. The molecule has 6 nitrogen and oxygen atoms in total. The van der Waals surface area contributed by atoms with Gasteiger partial charge in [0.05, 0.1) is 12.6 Å². The molecule has 226 valence electrons. The van der Waals surface area contributed by atoms with Gasteiger partial charge in [0.15, 0.2) is 0 Å². The van der Waals surface area contributed by atoms with Crippen molar-refractivity contribution in [3.63, 3.8) is 0 Å². The monoisotopic (exact) mass is 562 g/mol. The molecule has 1 aliphatic heterocycles. The van der Waals surface area contributed by atoms with Gasteiger partial charge in [-0.3, -0.25) is 19.4 Å². The van der Waals surface area contributed by atoms with E-state index in [0.717, 1.165) is 85.5 Å². The number of likely N-dealkylation sites (tertiary alicyclic amines) is 1. The third-order valence-electron chi connectivity index (χ3n) is 8.63. The first kappa shape index (κ1) is 32.8. The average molecular weight is 563 g/mol. The topological polar surface area (TPSA) is 64.7 Å². The molecule has 1 atom stereocenters. The fraction of sp³-hybridized carbons (Fsp3) is 0.600. The normalized spacial score (nSPS) is 16.3. The van der Waals surface area contributed by atoms with E-state index in [1.54, 1.807) is 0 Å². The van der Waals surface area contributed by atoms with Crippen LogP contribution < -0.4 is 10.6 Å². The Bertz CT molecular complexity index is 1070. The number of benzene rings is 2. The van der Waals surface area contributed by atoms with Crippen LogP contribution in [0.4, 0.5) is 11.4 Å². The van der Waals surface area contributed by atoms with Crippen molar-refractivity contribution < 1.29 is 9.59 Å². The number of rotatable bonds is 14. The Labute approximate surface area is 249 Å². The number of nitrogens with zero attached hydrogens (tertiary/aromatic N) is 2. The highest BCUT2D eigenvalue weighted by atomic mass is 16.2. The quantitative estimate of drug-likeness (QED) is 0.235. The molecule has 0 bridgehead atoms. The third-order valence-corrected chi connectivity index (χ3v) is 8.63. The molecule has 0 aliphatic carbocycles. The molecule has 2 aromatic carbocycles. The molecule has 0 radical (unpaired) electrons. The predicted molar refractivity (Wildman–Crippen MR) is 173 cm³/mol. The van der Waals surface area contributed by atoms with E-state index in [1.807, 2.05) is 38.1 Å². The number of para-hydroxylation sites is 2. The summed E-state index contributed by atoms with van der Waals surface area (Å²) in [6.45, 7) is 14.6. The Balaban J connectivity index is 1.39. The summed E-state index contributed by atoms with van der Waals surface area (Å²) in [5, 5.41) is 6.40. The number of carbonyl (C=O) groups is 2. The molecule has 0 aromatic heterocycles. The number of likely N-dealkylation sites (N-methyl/N-ethyl adjacent to an activating group) is 1. The highest BCUT2D eigenvalue weighted by molar-refractivity contribution is 5.96. The standard InChI is InChI=1S/C35H54N4O2/c1-6-38(26-32(40)36-33-27(2)18-16-19-28(33)3)23-13-9-7-10-14-24-39-25-15-11-8-12-22-31(39)35(41)37-34-29(4)20-17-21-30(34)5/h16-21,31H,6-15,22-26H2,1-5H3,(H,36,40)(H,37,41)/t31-/m1/s1. The first-order valence-corrected chi connectivity index (χ1v) is 16.0. The number of unbranched alkanes of at least 4 members (excludes halogenated alkanes) is 4. The van der Waals surface area contributed by atoms with Crippen LogP contribution in [-0.4, -0.2) is 60.4 Å². The van der Waals surface area contributed by atoms with Crippen LogP contribution in [0.3, 0.4) is 0 Å². The third kappa shape index (κ3) is 10.6. The van der Waals surface area contributed by atoms with Crippen LogP contribution >= 0.6 is 0 Å². The van der Waals surface area contributed by atoms with Gasteiger partial charge in [0, 0.05) is 11.4 Å². The van der Waals surface area contributed by atoms with Gasteiger partial charge in [0.2, 0.25) is 11.8 Å². The minimum Gasteiger partial charge on any atom is -0.324 e. The Hall–Kier alpha value is -2.70. The lowest BCUT2D eigenvalue weighted by Gasteiger charge is -2.33. The molecule has 2 aromatic rings. The Morgan fingerprint density at radius 2 is 1.34 bits per heavy atom. The molecule has 1 aliphatic rings. The first-order valence-electron chi connectivity index (χ1n) is 16.0. The predicted octanol–water partition coefficient (Wildman–Crippen LogP) is 7.40. The van der Waals surface area contributed by atoms with Crippen molar-refractivity contribution in [2.75, 3.05) is 43.4 Å². The van der Waals surface area contributed by atoms with E-state index in [9.17, 15) is 9.59 Å². The number of hydrogen-bond donors (Lipinski definition) is 2. The maximum Gasteiger partial charge on any atom is 0.241 e. The maximum atomic E-state index is 13.4. The van der Waals surface area contributed by atoms with Crippen molar-refractivity contribution in [1.29, 1.82) is 0 Å². The number of carbonyl (C=O) groups excluding carboxylic acids is 2. The van der Waals surface area contributed by atoms with E-state index in [4.69, 9.17) is 0 Å². The lowest BCUT2D eigenvalue weighted by atomic mass is 10.00. The highest BCUT2D eigenvalue weighted by Crippen LogP contribution is 2.23. The molecule has 41 heavy (non-hydrogen) atoms. The van der Waals surface area contributed by atoms with Crippen LogP contribution in [-0.2, 0) is 9.59 Å². The maximum absolute atomic E-state index is 13.4. The summed E-state index contributed by atoms with van der Waals surface area (Å²) >= 11 is 0. The molecular formula is C35H54N4O2. The Kier molecular flexibility index (Phi) is 13.8. The van der Waals surface area contributed by atoms with Crippen LogP contribution in [0.5, 0.6) is 0 Å². The Morgan fingerprint density at radius 1 is 0.780 bits per heavy atom. The number of nitrogens with one attached hydrogen (secondary N) is 2. The number of aryl methyl sites for hydroxylation is 4. The summed E-state index contributed by atoms with van der Waals surface area (Å²) in [6.07, 6.45) is 11.5. The summed E-state index contributed by atoms with van der Waals surface area (Å²) in [6, 6.07) is 12.2. The van der Waals surface area contributed by atoms with Crippen molar-refractivity contribution >= 4 is 23.2 Å². The van der Waals surface area contributed by atoms with E-state index in [2.05, 4.69) is 53.3 Å². The molecule has 0 spiro atoms. The van der Waals surface area contributed by atoms with Gasteiger partial charge in [-0.2, -0.15) is 0 Å². The molecule has 1 heterocycles. The van der Waals surface area contributed by atoms with Gasteiger partial charge < -0.3 is 10.6 Å². The van der Waals surface area contributed by atoms with Crippen LogP contribution in [0.15, 0.2) is 36.4 Å². The second-order valence-corrected chi connectivity index (χ2v) is 12.0. The second kappa shape index (κ2) is 17.3. The van der Waals surface area contributed by atoms with E-state index in [0.29, 0.717) is 6.54 Å². The molecule has 0 unspecified atom stereocenters. The molecule has 6 heteroatoms. The van der Waals surface area contributed by atoms with Crippen LogP contribution in [0.25, 0.3) is 0 Å². The van der Waals surface area contributed by atoms with Crippen molar-refractivity contribution in [2.24, 2.45) is 0 Å². The van der Waals surface area contributed by atoms with Crippen molar-refractivity contribution in [1.82, 2.24) is 9.80 Å². The average Bonchev–Trinajstić information content (AvgIpc) is 2.92. The molecule has 2 N–H and O–H groups in total. The highest BCUT2D eigenvalue weighted by Gasteiger charge is 2.27. The summed E-state index contributed by atoms with van der Waals surface area (Å²) in [5.41, 5.74) is 6.37.